The molecule has 10 aromatic rings. The molecule has 10 rings (SSSR count). The van der Waals surface area contributed by atoms with Gasteiger partial charge in [-0.1, -0.05) is 151 Å². The Balaban J connectivity index is 1.21. The van der Waals surface area contributed by atoms with Gasteiger partial charge in [-0.05, 0) is 123 Å². The van der Waals surface area contributed by atoms with Gasteiger partial charge in [0.25, 0.3) is 0 Å². The highest BCUT2D eigenvalue weighted by atomic mass is 16.3. The smallest absolute Gasteiger partial charge is 0.194 e. The molecule has 5 heteroatoms. The maximum atomic E-state index is 11.3. The number of pyridine rings is 2. The minimum absolute atomic E-state index is 0.0862. The van der Waals surface area contributed by atoms with Crippen molar-refractivity contribution in [3.8, 4) is 78.6 Å². The van der Waals surface area contributed by atoms with Gasteiger partial charge < -0.3 is 9.67 Å². The SMILES string of the molecule is [C-]#[N+]c1ccccc1-c1cc(-c2cc(-c3cccc4c5ccccc5n(-c5ccccc5)c34)ccn2)cc(-c2cc(-c3cc(C(C)(C)C)cc(C(C)(C)C)c3)cc(-c3ccccc3O)n2)c1. The van der Waals surface area contributed by atoms with Gasteiger partial charge in [0, 0.05) is 44.9 Å². The molecule has 66 heavy (non-hydrogen) atoms. The summed E-state index contributed by atoms with van der Waals surface area (Å²) in [7, 11) is 0. The van der Waals surface area contributed by atoms with Crippen molar-refractivity contribution < 1.29 is 5.11 Å². The van der Waals surface area contributed by atoms with Crippen LogP contribution in [-0.4, -0.2) is 19.6 Å². The number of para-hydroxylation sites is 5. The molecule has 3 aromatic heterocycles. The summed E-state index contributed by atoms with van der Waals surface area (Å²) in [5.41, 5.74) is 16.8. The monoisotopic (exact) mass is 854 g/mol. The molecule has 0 spiro atoms. The summed E-state index contributed by atoms with van der Waals surface area (Å²) >= 11 is 0. The average Bonchev–Trinajstić information content (AvgIpc) is 3.68. The van der Waals surface area contributed by atoms with Crippen LogP contribution in [0.25, 0.3) is 99.5 Å². The molecule has 0 aliphatic carbocycles. The first-order chi connectivity index (χ1) is 31.8. The number of phenols is 1. The lowest BCUT2D eigenvalue weighted by molar-refractivity contribution is 0.477. The number of hydrogen-bond donors (Lipinski definition) is 1. The molecule has 3 heterocycles. The molecule has 0 radical (unpaired) electrons. The van der Waals surface area contributed by atoms with E-state index in [1.54, 1.807) is 6.07 Å². The second kappa shape index (κ2) is 16.5. The summed E-state index contributed by atoms with van der Waals surface area (Å²) in [5.74, 6) is 0.162. The zero-order valence-corrected chi connectivity index (χ0v) is 38.1. The molecule has 0 bridgehead atoms. The van der Waals surface area contributed by atoms with E-state index in [2.05, 4.69) is 184 Å². The molecule has 7 aromatic carbocycles. The molecule has 0 aliphatic heterocycles. The van der Waals surface area contributed by atoms with Crippen molar-refractivity contribution in [1.82, 2.24) is 14.5 Å². The van der Waals surface area contributed by atoms with Gasteiger partial charge in [0.15, 0.2) is 5.69 Å². The lowest BCUT2D eigenvalue weighted by Crippen LogP contribution is -2.16. The average molecular weight is 855 g/mol. The van der Waals surface area contributed by atoms with E-state index in [-0.39, 0.29) is 16.6 Å². The van der Waals surface area contributed by atoms with Crippen LogP contribution in [0, 0.1) is 6.57 Å². The minimum atomic E-state index is -0.0862. The van der Waals surface area contributed by atoms with E-state index in [1.807, 2.05) is 48.7 Å². The Morgan fingerprint density at radius 3 is 1.77 bits per heavy atom. The second-order valence-corrected chi connectivity index (χ2v) is 19.2. The van der Waals surface area contributed by atoms with E-state index in [0.717, 1.165) is 72.6 Å². The Labute approximate surface area is 387 Å². The standard InChI is InChI=1S/C61H50N4O/c1-60(2,3)45-33-40(34-46(38-45)61(4,5)6)41-36-55(64-56(37-41)52-22-13-16-27-58(52)66)44-31-42(48-20-11-14-25-53(48)62-7)30-43(32-44)54-35-39(28-29-63-54)49-23-17-24-51-50-21-12-15-26-57(50)65(59(49)51)47-18-9-8-10-19-47/h8-38,66H,1-6H3. The van der Waals surface area contributed by atoms with Gasteiger partial charge in [0.2, 0.25) is 0 Å². The maximum Gasteiger partial charge on any atom is 0.194 e. The Bertz CT molecular complexity index is 3490. The van der Waals surface area contributed by atoms with E-state index < -0.39 is 0 Å². The third-order valence-electron chi connectivity index (χ3n) is 12.6. The molecular weight excluding hydrogens is 805 g/mol. The minimum Gasteiger partial charge on any atom is -0.507 e. The van der Waals surface area contributed by atoms with Crippen molar-refractivity contribution >= 4 is 27.5 Å². The second-order valence-electron chi connectivity index (χ2n) is 19.2. The number of aromatic hydroxyl groups is 1. The molecule has 1 N–H and O–H groups in total. The summed E-state index contributed by atoms with van der Waals surface area (Å²) in [4.78, 5) is 14.3. The number of phenolic OH excluding ortho intramolecular Hbond substituents is 1. The Morgan fingerprint density at radius 2 is 1.05 bits per heavy atom. The molecule has 320 valence electrons. The molecule has 0 fully saturated rings. The highest BCUT2D eigenvalue weighted by Crippen LogP contribution is 2.43. The maximum absolute atomic E-state index is 11.3. The third-order valence-corrected chi connectivity index (χ3v) is 12.6. The van der Waals surface area contributed by atoms with Crippen molar-refractivity contribution in [2.75, 3.05) is 0 Å². The third kappa shape index (κ3) is 7.82. The summed E-state index contributed by atoms with van der Waals surface area (Å²) in [6, 6.07) is 62.7. The number of benzene rings is 7. The lowest BCUT2D eigenvalue weighted by Gasteiger charge is -2.26. The first kappa shape index (κ1) is 41.9. The molecule has 0 saturated heterocycles. The fourth-order valence-corrected chi connectivity index (χ4v) is 9.08. The van der Waals surface area contributed by atoms with Gasteiger partial charge in [0.1, 0.15) is 5.75 Å². The summed E-state index contributed by atoms with van der Waals surface area (Å²) in [5, 5.41) is 13.6. The fraction of sp³-hybridized carbons (Fsp3) is 0.131. The van der Waals surface area contributed by atoms with Crippen molar-refractivity contribution in [3.05, 3.63) is 211 Å². The zero-order chi connectivity index (χ0) is 45.7. The first-order valence-electron chi connectivity index (χ1n) is 22.5. The van der Waals surface area contributed by atoms with Crippen LogP contribution >= 0.6 is 0 Å². The first-order valence-corrected chi connectivity index (χ1v) is 22.5. The molecule has 5 nitrogen and oxygen atoms in total. The van der Waals surface area contributed by atoms with Gasteiger partial charge in [0.05, 0.1) is 34.7 Å². The van der Waals surface area contributed by atoms with E-state index in [4.69, 9.17) is 16.5 Å². The van der Waals surface area contributed by atoms with Crippen LogP contribution in [0.4, 0.5) is 5.69 Å². The fourth-order valence-electron chi connectivity index (χ4n) is 9.08. The van der Waals surface area contributed by atoms with Crippen molar-refractivity contribution in [3.63, 3.8) is 0 Å². The van der Waals surface area contributed by atoms with Gasteiger partial charge in [-0.2, -0.15) is 0 Å². The van der Waals surface area contributed by atoms with E-state index >= 15 is 0 Å². The van der Waals surface area contributed by atoms with Gasteiger partial charge in [-0.25, -0.2) is 9.83 Å². The summed E-state index contributed by atoms with van der Waals surface area (Å²) < 4.78 is 2.36. The molecular formula is C61H50N4O. The zero-order valence-electron chi connectivity index (χ0n) is 38.1. The molecule has 0 unspecified atom stereocenters. The van der Waals surface area contributed by atoms with Crippen LogP contribution in [-0.2, 0) is 10.8 Å². The van der Waals surface area contributed by atoms with Crippen LogP contribution in [0.3, 0.4) is 0 Å². The summed E-state index contributed by atoms with van der Waals surface area (Å²) in [6.45, 7) is 21.7. The highest BCUT2D eigenvalue weighted by molar-refractivity contribution is 6.14. The lowest BCUT2D eigenvalue weighted by atomic mass is 9.79. The summed E-state index contributed by atoms with van der Waals surface area (Å²) in [6.07, 6.45) is 1.89. The van der Waals surface area contributed by atoms with Crippen LogP contribution in [0.2, 0.25) is 0 Å². The molecule has 0 atom stereocenters. The number of rotatable bonds is 7. The van der Waals surface area contributed by atoms with E-state index in [9.17, 15) is 5.11 Å². The van der Waals surface area contributed by atoms with Crippen molar-refractivity contribution in [2.45, 2.75) is 52.4 Å². The van der Waals surface area contributed by atoms with Crippen LogP contribution in [0.1, 0.15) is 52.7 Å². The van der Waals surface area contributed by atoms with Gasteiger partial charge in [-0.15, -0.1) is 0 Å². The van der Waals surface area contributed by atoms with Crippen LogP contribution in [0.5, 0.6) is 5.75 Å². The number of nitrogens with zero attached hydrogens (tertiary/aromatic N) is 4. The predicted molar refractivity (Wildman–Crippen MR) is 274 cm³/mol. The van der Waals surface area contributed by atoms with Crippen LogP contribution < -0.4 is 0 Å². The van der Waals surface area contributed by atoms with Crippen molar-refractivity contribution in [1.29, 1.82) is 0 Å². The predicted octanol–water partition coefficient (Wildman–Crippen LogP) is 16.4. The van der Waals surface area contributed by atoms with Crippen molar-refractivity contribution in [2.24, 2.45) is 0 Å². The van der Waals surface area contributed by atoms with E-state index in [1.165, 1.54) is 21.9 Å². The Hall–Kier alpha value is -8.07. The number of fused-ring (bicyclic) bond motifs is 3. The Morgan fingerprint density at radius 1 is 0.470 bits per heavy atom. The Kier molecular flexibility index (Phi) is 10.5. The molecule has 0 aliphatic rings. The largest absolute Gasteiger partial charge is 0.507 e. The van der Waals surface area contributed by atoms with Crippen LogP contribution in [0.15, 0.2) is 188 Å². The number of aromatic nitrogens is 3. The topological polar surface area (TPSA) is 55.3 Å². The highest BCUT2D eigenvalue weighted by Gasteiger charge is 2.23. The normalized spacial score (nSPS) is 11.8. The number of hydrogen-bond acceptors (Lipinski definition) is 3. The van der Waals surface area contributed by atoms with Gasteiger partial charge >= 0.3 is 0 Å². The quantitative estimate of drug-likeness (QED) is 0.163. The van der Waals surface area contributed by atoms with E-state index in [0.29, 0.717) is 16.9 Å². The molecule has 0 saturated carbocycles. The van der Waals surface area contributed by atoms with Gasteiger partial charge in [-0.3, -0.25) is 4.98 Å². The molecule has 0 amide bonds.